The number of piperazine rings is 1. The van der Waals surface area contributed by atoms with Crippen LogP contribution in [0.3, 0.4) is 0 Å². The van der Waals surface area contributed by atoms with Crippen LogP contribution < -0.4 is 4.90 Å². The fourth-order valence-electron chi connectivity index (χ4n) is 3.37. The molecule has 7 heteroatoms. The topological polar surface area (TPSA) is 49.3 Å². The summed E-state index contributed by atoms with van der Waals surface area (Å²) in [6.07, 6.45) is 4.55. The lowest BCUT2D eigenvalue weighted by Gasteiger charge is -2.37. The van der Waals surface area contributed by atoms with Crippen LogP contribution in [0.4, 0.5) is 5.82 Å². The minimum Gasteiger partial charge on any atom is -0.352 e. The molecule has 1 atom stereocenters. The Labute approximate surface area is 150 Å². The molecule has 1 unspecified atom stereocenters. The number of hydrogen-bond donors (Lipinski definition) is 0. The van der Waals surface area contributed by atoms with Gasteiger partial charge in [-0.05, 0) is 36.1 Å². The van der Waals surface area contributed by atoms with Gasteiger partial charge < -0.3 is 9.80 Å². The second kappa shape index (κ2) is 6.72. The Morgan fingerprint density at radius 2 is 2.00 bits per heavy atom. The molecular weight excluding hydrogens is 340 g/mol. The number of carbonyl (C=O) groups is 1. The smallest absolute Gasteiger partial charge is 0.240 e. The van der Waals surface area contributed by atoms with Gasteiger partial charge in [0, 0.05) is 43.4 Å². The van der Waals surface area contributed by atoms with Gasteiger partial charge in [-0.1, -0.05) is 0 Å². The second-order valence-corrected chi connectivity index (χ2v) is 8.29. The van der Waals surface area contributed by atoms with E-state index in [2.05, 4.69) is 26.3 Å². The van der Waals surface area contributed by atoms with Gasteiger partial charge in [0.05, 0.1) is 5.69 Å². The van der Waals surface area contributed by atoms with Gasteiger partial charge in [0.25, 0.3) is 0 Å². The normalized spacial score (nSPS) is 20.8. The standard InChI is InChI=1S/C17H20N4OS2/c1-12-16(19-5-4-18-12)20-6-8-21(9-7-20)17(22)15-13-2-10-23-14(13)3-11-24-15/h2,4-5,10,15H,3,6-9,11H2,1H3. The number of aromatic nitrogens is 2. The van der Waals surface area contributed by atoms with Gasteiger partial charge in [0.1, 0.15) is 11.1 Å². The number of thiophene rings is 1. The number of nitrogens with zero attached hydrogens (tertiary/aromatic N) is 4. The Bertz CT molecular complexity index is 740. The molecule has 1 saturated heterocycles. The molecule has 2 aliphatic heterocycles. The Morgan fingerprint density at radius 3 is 2.79 bits per heavy atom. The first-order valence-electron chi connectivity index (χ1n) is 8.23. The maximum atomic E-state index is 13.0. The van der Waals surface area contributed by atoms with E-state index in [1.165, 1.54) is 10.4 Å². The molecule has 4 heterocycles. The molecule has 1 amide bonds. The number of amides is 1. The number of anilines is 1. The van der Waals surface area contributed by atoms with Crippen molar-refractivity contribution in [2.75, 3.05) is 36.8 Å². The van der Waals surface area contributed by atoms with E-state index >= 15 is 0 Å². The van der Waals surface area contributed by atoms with Crippen molar-refractivity contribution in [2.45, 2.75) is 18.6 Å². The molecule has 1 fully saturated rings. The fraction of sp³-hybridized carbons (Fsp3) is 0.471. The molecular formula is C17H20N4OS2. The molecule has 0 aromatic carbocycles. The van der Waals surface area contributed by atoms with Crippen molar-refractivity contribution < 1.29 is 4.79 Å². The van der Waals surface area contributed by atoms with Crippen molar-refractivity contribution in [1.29, 1.82) is 0 Å². The highest BCUT2D eigenvalue weighted by Crippen LogP contribution is 2.40. The molecule has 0 spiro atoms. The lowest BCUT2D eigenvalue weighted by molar-refractivity contribution is -0.131. The van der Waals surface area contributed by atoms with Crippen molar-refractivity contribution in [3.8, 4) is 0 Å². The van der Waals surface area contributed by atoms with Crippen molar-refractivity contribution in [3.05, 3.63) is 40.0 Å². The van der Waals surface area contributed by atoms with Gasteiger partial charge >= 0.3 is 0 Å². The number of hydrogen-bond acceptors (Lipinski definition) is 6. The molecule has 0 N–H and O–H groups in total. The summed E-state index contributed by atoms with van der Waals surface area (Å²) in [7, 11) is 0. The van der Waals surface area contributed by atoms with E-state index in [1.807, 2.05) is 11.8 Å². The number of rotatable bonds is 2. The summed E-state index contributed by atoms with van der Waals surface area (Å²) in [5, 5.41) is 2.11. The summed E-state index contributed by atoms with van der Waals surface area (Å²) < 4.78 is 0. The van der Waals surface area contributed by atoms with Crippen LogP contribution in [-0.2, 0) is 11.2 Å². The van der Waals surface area contributed by atoms with Gasteiger partial charge in [-0.3, -0.25) is 9.78 Å². The minimum absolute atomic E-state index is 0.00944. The van der Waals surface area contributed by atoms with Gasteiger partial charge in [-0.25, -0.2) is 4.98 Å². The average molecular weight is 361 g/mol. The van der Waals surface area contributed by atoms with Gasteiger partial charge in [-0.2, -0.15) is 0 Å². The lowest BCUT2D eigenvalue weighted by atomic mass is 10.1. The first kappa shape index (κ1) is 15.9. The van der Waals surface area contributed by atoms with Crippen LogP contribution >= 0.6 is 23.1 Å². The summed E-state index contributed by atoms with van der Waals surface area (Å²) in [6.45, 7) is 5.13. The highest BCUT2D eigenvalue weighted by Gasteiger charge is 2.33. The molecule has 0 aliphatic carbocycles. The molecule has 0 saturated carbocycles. The van der Waals surface area contributed by atoms with E-state index < -0.39 is 0 Å². The number of aryl methyl sites for hydroxylation is 2. The lowest BCUT2D eigenvalue weighted by Crippen LogP contribution is -2.50. The van der Waals surface area contributed by atoms with Crippen molar-refractivity contribution in [2.24, 2.45) is 0 Å². The van der Waals surface area contributed by atoms with Crippen LogP contribution in [0.5, 0.6) is 0 Å². The molecule has 24 heavy (non-hydrogen) atoms. The predicted molar refractivity (Wildman–Crippen MR) is 98.8 cm³/mol. The zero-order chi connectivity index (χ0) is 16.5. The zero-order valence-corrected chi connectivity index (χ0v) is 15.3. The van der Waals surface area contributed by atoms with Crippen LogP contribution in [0.15, 0.2) is 23.8 Å². The molecule has 2 aromatic heterocycles. The van der Waals surface area contributed by atoms with Gasteiger partial charge in [0.2, 0.25) is 5.91 Å². The van der Waals surface area contributed by atoms with Crippen LogP contribution in [-0.4, -0.2) is 52.7 Å². The van der Waals surface area contributed by atoms with Crippen LogP contribution in [0.2, 0.25) is 0 Å². The van der Waals surface area contributed by atoms with Crippen molar-refractivity contribution >= 4 is 34.8 Å². The first-order valence-corrected chi connectivity index (χ1v) is 10.2. The third-order valence-corrected chi connectivity index (χ3v) is 6.87. The average Bonchev–Trinajstić information content (AvgIpc) is 3.10. The summed E-state index contributed by atoms with van der Waals surface area (Å²) in [6, 6.07) is 2.13. The van der Waals surface area contributed by atoms with Gasteiger partial charge in [-0.15, -0.1) is 23.1 Å². The van der Waals surface area contributed by atoms with E-state index in [-0.39, 0.29) is 11.2 Å². The van der Waals surface area contributed by atoms with E-state index in [9.17, 15) is 4.79 Å². The summed E-state index contributed by atoms with van der Waals surface area (Å²) in [5.74, 6) is 2.26. The zero-order valence-electron chi connectivity index (χ0n) is 13.6. The Balaban J connectivity index is 1.43. The largest absolute Gasteiger partial charge is 0.352 e. The molecule has 2 aromatic rings. The van der Waals surface area contributed by atoms with E-state index in [0.29, 0.717) is 0 Å². The van der Waals surface area contributed by atoms with Crippen molar-refractivity contribution in [3.63, 3.8) is 0 Å². The quantitative estimate of drug-likeness (QED) is 0.824. The molecule has 2 aliphatic rings. The molecule has 4 rings (SSSR count). The monoisotopic (exact) mass is 360 g/mol. The minimum atomic E-state index is -0.00944. The Morgan fingerprint density at radius 1 is 1.21 bits per heavy atom. The third kappa shape index (κ3) is 2.91. The van der Waals surface area contributed by atoms with Crippen LogP contribution in [0, 0.1) is 6.92 Å². The van der Waals surface area contributed by atoms with Crippen molar-refractivity contribution in [1.82, 2.24) is 14.9 Å². The van der Waals surface area contributed by atoms with Crippen LogP contribution in [0.25, 0.3) is 0 Å². The predicted octanol–water partition coefficient (Wildman–Crippen LogP) is 2.53. The highest BCUT2D eigenvalue weighted by atomic mass is 32.2. The summed E-state index contributed by atoms with van der Waals surface area (Å²) in [4.78, 5) is 27.4. The Hall–Kier alpha value is -1.60. The molecule has 5 nitrogen and oxygen atoms in total. The fourth-order valence-corrected chi connectivity index (χ4v) is 5.74. The third-order valence-electron chi connectivity index (χ3n) is 4.65. The van der Waals surface area contributed by atoms with E-state index in [4.69, 9.17) is 0 Å². The summed E-state index contributed by atoms with van der Waals surface area (Å²) in [5.41, 5.74) is 2.19. The number of carbonyl (C=O) groups excluding carboxylic acids is 1. The van der Waals surface area contributed by atoms with E-state index in [0.717, 1.165) is 49.9 Å². The maximum Gasteiger partial charge on any atom is 0.240 e. The van der Waals surface area contributed by atoms with E-state index in [1.54, 1.807) is 35.5 Å². The maximum absolute atomic E-state index is 13.0. The number of fused-ring (bicyclic) bond motifs is 1. The molecule has 126 valence electrons. The van der Waals surface area contributed by atoms with Crippen LogP contribution in [0.1, 0.15) is 21.4 Å². The summed E-state index contributed by atoms with van der Waals surface area (Å²) >= 11 is 3.58. The number of thioether (sulfide) groups is 1. The molecule has 0 radical (unpaired) electrons. The second-order valence-electron chi connectivity index (χ2n) is 6.08. The Kier molecular flexibility index (Phi) is 4.45. The first-order chi connectivity index (χ1) is 11.7. The SMILES string of the molecule is Cc1nccnc1N1CCN(C(=O)C2SCCc3sccc32)CC1. The molecule has 0 bridgehead atoms. The highest BCUT2D eigenvalue weighted by molar-refractivity contribution is 8.00. The van der Waals surface area contributed by atoms with Gasteiger partial charge in [0.15, 0.2) is 0 Å².